The molecule has 0 aliphatic rings. The number of amides is 1. The number of carbonyl (C=O) groups is 1. The van der Waals surface area contributed by atoms with Crippen molar-refractivity contribution in [2.75, 3.05) is 32.1 Å². The van der Waals surface area contributed by atoms with Crippen LogP contribution in [-0.4, -0.2) is 33.2 Å². The number of carbonyl (C=O) groups excluding carboxylic acids is 1. The molecule has 0 unspecified atom stereocenters. The van der Waals surface area contributed by atoms with E-state index >= 15 is 0 Å². The minimum atomic E-state index is 0.0522. The van der Waals surface area contributed by atoms with Crippen molar-refractivity contribution in [1.82, 2.24) is 5.32 Å². The Bertz CT molecular complexity index is 391. The van der Waals surface area contributed by atoms with Crippen LogP contribution in [0.15, 0.2) is 18.2 Å². The summed E-state index contributed by atoms with van der Waals surface area (Å²) in [5.74, 6) is 0.887. The van der Waals surface area contributed by atoms with E-state index in [9.17, 15) is 4.79 Å². The van der Waals surface area contributed by atoms with Crippen LogP contribution in [0.2, 0.25) is 0 Å². The Labute approximate surface area is 103 Å². The molecule has 1 aromatic carbocycles. The number of anilines is 1. The fraction of sp³-hybridized carbons (Fsp3) is 0.462. The lowest BCUT2D eigenvalue weighted by Gasteiger charge is -2.18. The van der Waals surface area contributed by atoms with Gasteiger partial charge in [-0.1, -0.05) is 6.92 Å². The summed E-state index contributed by atoms with van der Waals surface area (Å²) in [6, 6.07) is 5.71. The van der Waals surface area contributed by atoms with Gasteiger partial charge in [-0.2, -0.15) is 0 Å². The molecule has 0 aliphatic carbocycles. The molecule has 0 saturated carbocycles. The van der Waals surface area contributed by atoms with Gasteiger partial charge in [-0.15, -0.1) is 0 Å². The minimum Gasteiger partial charge on any atom is -0.496 e. The first kappa shape index (κ1) is 13.5. The Morgan fingerprint density at radius 2 is 2.18 bits per heavy atom. The first-order valence-corrected chi connectivity index (χ1v) is 5.72. The molecule has 4 nitrogen and oxygen atoms in total. The molecule has 0 bridgehead atoms. The molecular formula is C13H20N2O2. The predicted molar refractivity (Wildman–Crippen MR) is 69.7 cm³/mol. The molecule has 0 radical (unpaired) electrons. The topological polar surface area (TPSA) is 41.6 Å². The first-order chi connectivity index (χ1) is 8.10. The molecule has 0 saturated heterocycles. The molecule has 94 valence electrons. The molecule has 1 amide bonds. The van der Waals surface area contributed by atoms with E-state index in [4.69, 9.17) is 4.74 Å². The van der Waals surface area contributed by atoms with Gasteiger partial charge in [0.15, 0.2) is 0 Å². The van der Waals surface area contributed by atoms with Gasteiger partial charge < -0.3 is 15.0 Å². The van der Waals surface area contributed by atoms with E-state index in [2.05, 4.69) is 5.32 Å². The van der Waals surface area contributed by atoms with E-state index in [0.29, 0.717) is 6.54 Å². The van der Waals surface area contributed by atoms with E-state index in [1.54, 1.807) is 19.1 Å². The molecule has 1 aromatic rings. The zero-order valence-corrected chi connectivity index (χ0v) is 10.9. The van der Waals surface area contributed by atoms with E-state index < -0.39 is 0 Å². The summed E-state index contributed by atoms with van der Waals surface area (Å²) < 4.78 is 5.19. The molecule has 0 aliphatic heterocycles. The van der Waals surface area contributed by atoms with Crippen molar-refractivity contribution in [2.45, 2.75) is 13.8 Å². The lowest BCUT2D eigenvalue weighted by Crippen LogP contribution is -2.35. The van der Waals surface area contributed by atoms with Crippen LogP contribution in [0, 0.1) is 6.92 Å². The molecule has 1 rings (SSSR count). The molecule has 0 fully saturated rings. The van der Waals surface area contributed by atoms with Crippen LogP contribution in [0.5, 0.6) is 5.75 Å². The smallest absolute Gasteiger partial charge is 0.240 e. The quantitative estimate of drug-likeness (QED) is 0.844. The van der Waals surface area contributed by atoms with Crippen LogP contribution in [0.3, 0.4) is 0 Å². The van der Waals surface area contributed by atoms with E-state index in [0.717, 1.165) is 23.5 Å². The van der Waals surface area contributed by atoms with Crippen molar-refractivity contribution in [3.63, 3.8) is 0 Å². The number of benzene rings is 1. The van der Waals surface area contributed by atoms with Crippen molar-refractivity contribution < 1.29 is 9.53 Å². The first-order valence-electron chi connectivity index (χ1n) is 5.72. The van der Waals surface area contributed by atoms with Crippen LogP contribution in [-0.2, 0) is 4.79 Å². The third-order valence-electron chi connectivity index (χ3n) is 2.67. The molecule has 0 heterocycles. The van der Waals surface area contributed by atoms with E-state index in [1.807, 2.05) is 32.0 Å². The number of rotatable bonds is 5. The van der Waals surface area contributed by atoms with Crippen LogP contribution in [0.1, 0.15) is 12.5 Å². The lowest BCUT2D eigenvalue weighted by atomic mass is 10.2. The van der Waals surface area contributed by atoms with Crippen molar-refractivity contribution >= 4 is 11.6 Å². The summed E-state index contributed by atoms with van der Waals surface area (Å²) >= 11 is 0. The zero-order valence-electron chi connectivity index (χ0n) is 10.9. The van der Waals surface area contributed by atoms with Crippen LogP contribution < -0.4 is 15.0 Å². The van der Waals surface area contributed by atoms with Gasteiger partial charge in [0.2, 0.25) is 5.91 Å². The van der Waals surface area contributed by atoms with Crippen molar-refractivity contribution in [3.05, 3.63) is 23.8 Å². The average molecular weight is 236 g/mol. The van der Waals surface area contributed by atoms with Crippen LogP contribution >= 0.6 is 0 Å². The Balaban J connectivity index is 2.78. The summed E-state index contributed by atoms with van der Waals surface area (Å²) in [7, 11) is 3.42. The maximum Gasteiger partial charge on any atom is 0.240 e. The highest BCUT2D eigenvalue weighted by molar-refractivity contribution is 5.94. The van der Waals surface area contributed by atoms with Gasteiger partial charge in [-0.25, -0.2) is 0 Å². The van der Waals surface area contributed by atoms with Gasteiger partial charge in [0, 0.05) is 12.7 Å². The Hall–Kier alpha value is -1.55. The largest absolute Gasteiger partial charge is 0.496 e. The second-order valence-electron chi connectivity index (χ2n) is 3.89. The standard InChI is InChI=1S/C13H20N2O2/c1-5-14-9-13(16)15(3)11-6-7-12(17-4)10(2)8-11/h6-8,14H,5,9H2,1-4H3. The normalized spacial score (nSPS) is 10.1. The van der Waals surface area contributed by atoms with Crippen molar-refractivity contribution in [3.8, 4) is 5.75 Å². The maximum atomic E-state index is 11.8. The SMILES string of the molecule is CCNCC(=O)N(C)c1ccc(OC)c(C)c1. The summed E-state index contributed by atoms with van der Waals surface area (Å²) in [5, 5.41) is 3.02. The molecule has 0 atom stereocenters. The number of nitrogens with zero attached hydrogens (tertiary/aromatic N) is 1. The van der Waals surface area contributed by atoms with Gasteiger partial charge in [0.05, 0.1) is 13.7 Å². The van der Waals surface area contributed by atoms with Gasteiger partial charge in [0.25, 0.3) is 0 Å². The van der Waals surface area contributed by atoms with Crippen molar-refractivity contribution in [2.24, 2.45) is 0 Å². The minimum absolute atomic E-state index is 0.0522. The monoisotopic (exact) mass is 236 g/mol. The number of nitrogens with one attached hydrogen (secondary N) is 1. The van der Waals surface area contributed by atoms with Gasteiger partial charge in [0.1, 0.15) is 5.75 Å². The molecule has 0 spiro atoms. The summed E-state index contributed by atoms with van der Waals surface area (Å²) in [6.07, 6.45) is 0. The highest BCUT2D eigenvalue weighted by atomic mass is 16.5. The highest BCUT2D eigenvalue weighted by Gasteiger charge is 2.11. The molecular weight excluding hydrogens is 216 g/mol. The van der Waals surface area contributed by atoms with Gasteiger partial charge in [-0.3, -0.25) is 4.79 Å². The Morgan fingerprint density at radius 1 is 1.47 bits per heavy atom. The van der Waals surface area contributed by atoms with Gasteiger partial charge >= 0.3 is 0 Å². The third-order valence-corrected chi connectivity index (χ3v) is 2.67. The zero-order chi connectivity index (χ0) is 12.8. The third kappa shape index (κ3) is 3.46. The molecule has 17 heavy (non-hydrogen) atoms. The highest BCUT2D eigenvalue weighted by Crippen LogP contribution is 2.23. The number of aryl methyl sites for hydroxylation is 1. The predicted octanol–water partition coefficient (Wildman–Crippen LogP) is 1.58. The van der Waals surface area contributed by atoms with Gasteiger partial charge in [-0.05, 0) is 37.2 Å². The summed E-state index contributed by atoms with van der Waals surface area (Å²) in [5.41, 5.74) is 1.90. The second-order valence-corrected chi connectivity index (χ2v) is 3.89. The number of hydrogen-bond acceptors (Lipinski definition) is 3. The fourth-order valence-corrected chi connectivity index (χ4v) is 1.57. The van der Waals surface area contributed by atoms with E-state index in [1.165, 1.54) is 0 Å². The van der Waals surface area contributed by atoms with Crippen molar-refractivity contribution in [1.29, 1.82) is 0 Å². The van der Waals surface area contributed by atoms with Crippen LogP contribution in [0.4, 0.5) is 5.69 Å². The maximum absolute atomic E-state index is 11.8. The van der Waals surface area contributed by atoms with Crippen LogP contribution in [0.25, 0.3) is 0 Å². The Morgan fingerprint density at radius 3 is 2.71 bits per heavy atom. The fourth-order valence-electron chi connectivity index (χ4n) is 1.57. The Kier molecular flexibility index (Phi) is 4.97. The van der Waals surface area contributed by atoms with E-state index in [-0.39, 0.29) is 5.91 Å². The average Bonchev–Trinajstić information content (AvgIpc) is 2.34. The lowest BCUT2D eigenvalue weighted by molar-refractivity contribution is -0.117. The molecule has 1 N–H and O–H groups in total. The number of ether oxygens (including phenoxy) is 1. The summed E-state index contributed by atoms with van der Waals surface area (Å²) in [6.45, 7) is 5.09. The number of hydrogen-bond donors (Lipinski definition) is 1. The molecule has 4 heteroatoms. The second kappa shape index (κ2) is 6.25. The number of methoxy groups -OCH3 is 1. The number of likely N-dealkylation sites (N-methyl/N-ethyl adjacent to an activating group) is 2. The summed E-state index contributed by atoms with van der Waals surface area (Å²) in [4.78, 5) is 13.4. The molecule has 0 aromatic heterocycles.